The molecule has 1 amide bonds. The number of hydrogen-bond donors (Lipinski definition) is 1. The number of carbonyl (C=O) groups is 2. The van der Waals surface area contributed by atoms with Gasteiger partial charge in [-0.1, -0.05) is 0 Å². The molecule has 0 saturated carbocycles. The van der Waals surface area contributed by atoms with Crippen molar-refractivity contribution in [2.75, 3.05) is 19.5 Å². The topological polar surface area (TPSA) is 91.2 Å². The lowest BCUT2D eigenvalue weighted by atomic mass is 10.1. The fraction of sp³-hybridized carbons (Fsp3) is 0.211. The highest BCUT2D eigenvalue weighted by atomic mass is 19.3. The lowest BCUT2D eigenvalue weighted by Crippen LogP contribution is -2.16. The first-order valence-electron chi connectivity index (χ1n) is 8.34. The summed E-state index contributed by atoms with van der Waals surface area (Å²) in [6.07, 6.45) is 3.25. The molecular weight excluding hydrogens is 388 g/mol. The van der Waals surface area contributed by atoms with Gasteiger partial charge in [-0.3, -0.25) is 4.79 Å². The molecule has 0 radical (unpaired) electrons. The van der Waals surface area contributed by atoms with Crippen LogP contribution in [0.3, 0.4) is 0 Å². The van der Waals surface area contributed by atoms with Crippen LogP contribution in [0.2, 0.25) is 0 Å². The largest absolute Gasteiger partial charge is 0.493 e. The number of nitrogens with zero attached hydrogens (tertiary/aromatic N) is 2. The van der Waals surface area contributed by atoms with Crippen LogP contribution in [0, 0.1) is 6.92 Å². The number of pyridine rings is 1. The van der Waals surface area contributed by atoms with Gasteiger partial charge >= 0.3 is 12.6 Å². The molecule has 0 aliphatic heterocycles. The number of nitrogens with one attached hydrogen (secondary N) is 1. The Morgan fingerprint density at radius 2 is 1.93 bits per heavy atom. The number of alkyl halides is 2. The smallest absolute Gasteiger partial charge is 0.387 e. The van der Waals surface area contributed by atoms with Gasteiger partial charge in [-0.15, -0.1) is 0 Å². The number of aryl methyl sites for hydroxylation is 1. The van der Waals surface area contributed by atoms with Gasteiger partial charge in [0.15, 0.2) is 11.5 Å². The quantitative estimate of drug-likeness (QED) is 0.633. The average Bonchev–Trinajstić information content (AvgIpc) is 3.10. The summed E-state index contributed by atoms with van der Waals surface area (Å²) in [5.41, 5.74) is 1.40. The van der Waals surface area contributed by atoms with Crippen molar-refractivity contribution in [3.8, 4) is 11.5 Å². The SMILES string of the molecule is COC(=O)c1cc(OC)c(OC(F)F)cc1NC(=O)c1cn2ccc(C)cc2n1. The molecule has 1 N–H and O–H groups in total. The molecule has 0 aliphatic rings. The number of esters is 1. The van der Waals surface area contributed by atoms with Crippen LogP contribution in [0.5, 0.6) is 11.5 Å². The van der Waals surface area contributed by atoms with Crippen molar-refractivity contribution in [2.45, 2.75) is 13.5 Å². The van der Waals surface area contributed by atoms with E-state index in [1.54, 1.807) is 16.7 Å². The number of aromatic nitrogens is 2. The van der Waals surface area contributed by atoms with Crippen molar-refractivity contribution in [3.05, 3.63) is 53.5 Å². The van der Waals surface area contributed by atoms with E-state index >= 15 is 0 Å². The van der Waals surface area contributed by atoms with Gasteiger partial charge in [-0.05, 0) is 24.6 Å². The number of hydrogen-bond acceptors (Lipinski definition) is 6. The summed E-state index contributed by atoms with van der Waals surface area (Å²) < 4.78 is 41.1. The van der Waals surface area contributed by atoms with Gasteiger partial charge in [0.25, 0.3) is 5.91 Å². The fourth-order valence-electron chi connectivity index (χ4n) is 2.67. The average molecular weight is 405 g/mol. The van der Waals surface area contributed by atoms with E-state index < -0.39 is 18.5 Å². The maximum Gasteiger partial charge on any atom is 0.387 e. The van der Waals surface area contributed by atoms with E-state index in [1.807, 2.05) is 13.0 Å². The number of fused-ring (bicyclic) bond motifs is 1. The molecule has 0 unspecified atom stereocenters. The Hall–Kier alpha value is -3.69. The zero-order valence-electron chi connectivity index (χ0n) is 15.7. The number of halogens is 2. The summed E-state index contributed by atoms with van der Waals surface area (Å²) in [6.45, 7) is -1.24. The monoisotopic (exact) mass is 405 g/mol. The van der Waals surface area contributed by atoms with Crippen molar-refractivity contribution in [1.82, 2.24) is 9.38 Å². The van der Waals surface area contributed by atoms with Crippen LogP contribution in [0.15, 0.2) is 36.7 Å². The van der Waals surface area contributed by atoms with Crippen molar-refractivity contribution in [3.63, 3.8) is 0 Å². The Bertz CT molecular complexity index is 1080. The first-order chi connectivity index (χ1) is 13.8. The van der Waals surface area contributed by atoms with Crippen LogP contribution >= 0.6 is 0 Å². The second-order valence-corrected chi connectivity index (χ2v) is 5.97. The minimum Gasteiger partial charge on any atom is -0.493 e. The predicted octanol–water partition coefficient (Wildman–Crippen LogP) is 3.29. The third-order valence-corrected chi connectivity index (χ3v) is 4.02. The summed E-state index contributed by atoms with van der Waals surface area (Å²) in [5, 5.41) is 2.49. The first-order valence-corrected chi connectivity index (χ1v) is 8.34. The molecule has 0 spiro atoms. The highest BCUT2D eigenvalue weighted by Crippen LogP contribution is 2.35. The van der Waals surface area contributed by atoms with Gasteiger partial charge in [0.2, 0.25) is 0 Å². The number of carbonyl (C=O) groups excluding carboxylic acids is 2. The Labute approximate surface area is 164 Å². The van der Waals surface area contributed by atoms with Crippen LogP contribution < -0.4 is 14.8 Å². The molecule has 2 aromatic heterocycles. The summed E-state index contributed by atoms with van der Waals surface area (Å²) in [6, 6.07) is 5.85. The molecule has 0 atom stereocenters. The van der Waals surface area contributed by atoms with E-state index in [-0.39, 0.29) is 28.4 Å². The molecule has 8 nitrogen and oxygen atoms in total. The van der Waals surface area contributed by atoms with Crippen molar-refractivity contribution in [1.29, 1.82) is 0 Å². The third-order valence-electron chi connectivity index (χ3n) is 4.02. The third kappa shape index (κ3) is 4.26. The summed E-state index contributed by atoms with van der Waals surface area (Å²) >= 11 is 0. The summed E-state index contributed by atoms with van der Waals surface area (Å²) in [4.78, 5) is 29.0. The van der Waals surface area contributed by atoms with E-state index in [4.69, 9.17) is 9.47 Å². The molecule has 10 heteroatoms. The minimum atomic E-state index is -3.13. The van der Waals surface area contributed by atoms with E-state index in [1.165, 1.54) is 13.3 Å². The molecular formula is C19H17F2N3O5. The molecule has 3 aromatic rings. The molecule has 3 rings (SSSR count). The molecule has 2 heterocycles. The summed E-state index contributed by atoms with van der Waals surface area (Å²) in [5.74, 6) is -1.92. The summed E-state index contributed by atoms with van der Waals surface area (Å²) in [7, 11) is 2.38. The molecule has 0 fully saturated rings. The van der Waals surface area contributed by atoms with Gasteiger partial charge in [0.05, 0.1) is 25.5 Å². The number of amides is 1. The maximum atomic E-state index is 12.7. The number of ether oxygens (including phenoxy) is 3. The molecule has 29 heavy (non-hydrogen) atoms. The van der Waals surface area contributed by atoms with Gasteiger partial charge in [0.1, 0.15) is 11.3 Å². The minimum absolute atomic E-state index is 0.0681. The molecule has 0 saturated heterocycles. The lowest BCUT2D eigenvalue weighted by Gasteiger charge is -2.15. The number of benzene rings is 1. The van der Waals surface area contributed by atoms with E-state index in [0.717, 1.165) is 24.8 Å². The zero-order chi connectivity index (χ0) is 21.1. The highest BCUT2D eigenvalue weighted by molar-refractivity contribution is 6.07. The van der Waals surface area contributed by atoms with Crippen LogP contribution in [0.4, 0.5) is 14.5 Å². The number of imidazole rings is 1. The van der Waals surface area contributed by atoms with Crippen LogP contribution in [-0.4, -0.2) is 42.1 Å². The van der Waals surface area contributed by atoms with Crippen LogP contribution in [-0.2, 0) is 4.74 Å². The Balaban J connectivity index is 2.00. The number of methoxy groups -OCH3 is 2. The number of anilines is 1. The lowest BCUT2D eigenvalue weighted by molar-refractivity contribution is -0.0511. The van der Waals surface area contributed by atoms with Crippen molar-refractivity contribution < 1.29 is 32.6 Å². The van der Waals surface area contributed by atoms with Crippen LogP contribution in [0.25, 0.3) is 5.65 Å². The molecule has 0 bridgehead atoms. The van der Waals surface area contributed by atoms with Crippen LogP contribution in [0.1, 0.15) is 26.4 Å². The standard InChI is InChI=1S/C19H17F2N3O5/c1-10-4-5-24-9-13(22-16(24)6-10)17(25)23-12-8-15(29-19(20)21)14(27-2)7-11(12)18(26)28-3/h4-9,19H,1-3H3,(H,23,25). The Kier molecular flexibility index (Phi) is 5.62. The Morgan fingerprint density at radius 3 is 2.59 bits per heavy atom. The van der Waals surface area contributed by atoms with Gasteiger partial charge in [-0.2, -0.15) is 8.78 Å². The predicted molar refractivity (Wildman–Crippen MR) is 98.8 cm³/mol. The molecule has 0 aliphatic carbocycles. The second-order valence-electron chi connectivity index (χ2n) is 5.97. The second kappa shape index (κ2) is 8.13. The molecule has 1 aromatic carbocycles. The van der Waals surface area contributed by atoms with Gasteiger partial charge in [-0.25, -0.2) is 9.78 Å². The normalized spacial score (nSPS) is 10.8. The van der Waals surface area contributed by atoms with E-state index in [0.29, 0.717) is 5.65 Å². The van der Waals surface area contributed by atoms with E-state index in [9.17, 15) is 18.4 Å². The Morgan fingerprint density at radius 1 is 1.17 bits per heavy atom. The van der Waals surface area contributed by atoms with Crippen molar-refractivity contribution >= 4 is 23.2 Å². The highest BCUT2D eigenvalue weighted by Gasteiger charge is 2.22. The first kappa shape index (κ1) is 20.1. The maximum absolute atomic E-state index is 12.7. The van der Waals surface area contributed by atoms with Gasteiger partial charge in [0, 0.05) is 24.5 Å². The zero-order valence-corrected chi connectivity index (χ0v) is 15.7. The number of rotatable bonds is 6. The van der Waals surface area contributed by atoms with Gasteiger partial charge < -0.3 is 23.9 Å². The fourth-order valence-corrected chi connectivity index (χ4v) is 2.67. The molecule has 152 valence electrons. The van der Waals surface area contributed by atoms with Crippen molar-refractivity contribution in [2.24, 2.45) is 0 Å². The van der Waals surface area contributed by atoms with E-state index in [2.05, 4.69) is 15.0 Å².